The summed E-state index contributed by atoms with van der Waals surface area (Å²) in [7, 11) is -3.90. The SMILES string of the molecule is CC(CNS(=O)(=O)c1cccc(C(=O)N2CCC3(CC2)CN/C(=N\C(=O)c2nc(Cl)c(N)nc2N)N3)c1)Oc1cccnc1. The highest BCUT2D eigenvalue weighted by atomic mass is 35.5. The third-order valence-corrected chi connectivity index (χ3v) is 8.93. The summed E-state index contributed by atoms with van der Waals surface area (Å²) in [6, 6.07) is 9.38. The van der Waals surface area contributed by atoms with Gasteiger partial charge in [0.1, 0.15) is 11.9 Å². The van der Waals surface area contributed by atoms with Gasteiger partial charge in [-0.15, -0.1) is 0 Å². The third-order valence-electron chi connectivity index (χ3n) is 7.23. The summed E-state index contributed by atoms with van der Waals surface area (Å²) in [6.07, 6.45) is 3.82. The van der Waals surface area contributed by atoms with Gasteiger partial charge < -0.3 is 31.7 Å². The number of hydrogen-bond acceptors (Lipinski definition) is 10. The highest BCUT2D eigenvalue weighted by Crippen LogP contribution is 2.26. The lowest BCUT2D eigenvalue weighted by Gasteiger charge is -2.38. The normalized spacial score (nSPS) is 17.6. The number of sulfonamides is 1. The predicted octanol–water partition coefficient (Wildman–Crippen LogP) is 0.799. The number of nitrogens with zero attached hydrogens (tertiary/aromatic N) is 5. The van der Waals surface area contributed by atoms with Crippen molar-refractivity contribution in [3.05, 3.63) is 65.2 Å². The molecule has 0 aliphatic carbocycles. The number of ether oxygens (including phenoxy) is 1. The predicted molar refractivity (Wildman–Crippen MR) is 163 cm³/mol. The summed E-state index contributed by atoms with van der Waals surface area (Å²) < 4.78 is 34.2. The molecule has 2 saturated heterocycles. The summed E-state index contributed by atoms with van der Waals surface area (Å²) in [6.45, 7) is 3.04. The maximum Gasteiger partial charge on any atom is 0.302 e. The van der Waals surface area contributed by atoms with E-state index >= 15 is 0 Å². The Kier molecular flexibility index (Phi) is 8.85. The number of aliphatic imine (C=N–C) groups is 1. The van der Waals surface area contributed by atoms with Crippen molar-refractivity contribution < 1.29 is 22.7 Å². The van der Waals surface area contributed by atoms with Crippen molar-refractivity contribution in [1.82, 2.24) is 35.2 Å². The van der Waals surface area contributed by atoms with Crippen molar-refractivity contribution in [2.24, 2.45) is 4.99 Å². The molecule has 2 aliphatic heterocycles. The highest BCUT2D eigenvalue weighted by molar-refractivity contribution is 7.89. The van der Waals surface area contributed by atoms with Gasteiger partial charge in [-0.3, -0.25) is 14.6 Å². The van der Waals surface area contributed by atoms with Crippen LogP contribution in [0.15, 0.2) is 58.7 Å². The standard InChI is InChI=1S/C27H31ClN10O5S/c1-16(43-18-5-3-9-31-14-18)13-33-44(41,42)19-6-2-4-17(12-19)25(40)38-10-7-27(8-11-38)15-32-26(37-27)36-24(39)20-22(29)35-23(30)21(28)34-20/h2-6,9,12,14,16,33H,7-8,10-11,13,15H2,1H3,(H4,29,30,35)(H2,32,36,37,39). The molecule has 15 nitrogen and oxygen atoms in total. The van der Waals surface area contributed by atoms with Crippen LogP contribution in [0.25, 0.3) is 0 Å². The van der Waals surface area contributed by atoms with Crippen LogP contribution in [-0.4, -0.2) is 83.9 Å². The summed E-state index contributed by atoms with van der Waals surface area (Å²) in [5.41, 5.74) is 10.9. The number of pyridine rings is 1. The Bertz CT molecular complexity index is 1700. The Balaban J connectivity index is 1.17. The van der Waals surface area contributed by atoms with Crippen molar-refractivity contribution in [1.29, 1.82) is 0 Å². The smallest absolute Gasteiger partial charge is 0.302 e. The molecule has 0 saturated carbocycles. The van der Waals surface area contributed by atoms with E-state index in [-0.39, 0.29) is 51.4 Å². The van der Waals surface area contributed by atoms with Crippen LogP contribution in [-0.2, 0) is 10.0 Å². The van der Waals surface area contributed by atoms with Crippen molar-refractivity contribution in [2.75, 3.05) is 37.6 Å². The molecule has 17 heteroatoms. The Morgan fingerprint density at radius 3 is 2.68 bits per heavy atom. The summed E-state index contributed by atoms with van der Waals surface area (Å²) in [5.74, 6) is -0.523. The molecule has 3 aromatic rings. The largest absolute Gasteiger partial charge is 0.488 e. The zero-order valence-electron chi connectivity index (χ0n) is 23.7. The number of rotatable bonds is 8. The molecule has 1 atom stereocenters. The van der Waals surface area contributed by atoms with E-state index in [1.807, 2.05) is 0 Å². The van der Waals surface area contributed by atoms with E-state index in [1.54, 1.807) is 42.4 Å². The molecule has 7 N–H and O–H groups in total. The molecule has 1 spiro atoms. The van der Waals surface area contributed by atoms with Crippen molar-refractivity contribution in [2.45, 2.75) is 36.3 Å². The lowest BCUT2D eigenvalue weighted by Crippen LogP contribution is -2.53. The van der Waals surface area contributed by atoms with Crippen LogP contribution in [0, 0.1) is 0 Å². The number of benzene rings is 1. The maximum absolute atomic E-state index is 13.3. The van der Waals surface area contributed by atoms with Crippen molar-refractivity contribution in [3.8, 4) is 5.75 Å². The van der Waals surface area contributed by atoms with Gasteiger partial charge in [-0.1, -0.05) is 17.7 Å². The van der Waals surface area contributed by atoms with Gasteiger partial charge in [0, 0.05) is 37.9 Å². The minimum Gasteiger partial charge on any atom is -0.488 e. The monoisotopic (exact) mass is 642 g/mol. The van der Waals surface area contributed by atoms with E-state index in [0.717, 1.165) is 0 Å². The molecule has 2 aliphatic rings. The molecule has 2 fully saturated rings. The van der Waals surface area contributed by atoms with Gasteiger partial charge in [0.05, 0.1) is 16.6 Å². The highest BCUT2D eigenvalue weighted by Gasteiger charge is 2.41. The Hall–Kier alpha value is -4.54. The molecule has 232 valence electrons. The first-order chi connectivity index (χ1) is 20.9. The summed E-state index contributed by atoms with van der Waals surface area (Å²) >= 11 is 5.87. The number of hydrogen-bond donors (Lipinski definition) is 5. The number of anilines is 2. The number of aromatic nitrogens is 3. The number of carbonyl (C=O) groups is 2. The van der Waals surface area contributed by atoms with Crippen molar-refractivity contribution in [3.63, 3.8) is 0 Å². The fraction of sp³-hybridized carbons (Fsp3) is 0.333. The number of nitrogens with one attached hydrogen (secondary N) is 3. The van der Waals surface area contributed by atoms with Crippen LogP contribution >= 0.6 is 11.6 Å². The maximum atomic E-state index is 13.3. The molecule has 0 radical (unpaired) electrons. The number of piperidine rings is 1. The van der Waals surface area contributed by atoms with Crippen LogP contribution in [0.4, 0.5) is 11.6 Å². The van der Waals surface area contributed by atoms with Crippen LogP contribution in [0.2, 0.25) is 5.15 Å². The molecule has 2 amide bonds. The summed E-state index contributed by atoms with van der Waals surface area (Å²) in [5, 5.41) is 6.18. The number of carbonyl (C=O) groups excluding carboxylic acids is 2. The van der Waals surface area contributed by atoms with Gasteiger partial charge in [0.15, 0.2) is 28.4 Å². The minimum absolute atomic E-state index is 0.0229. The molecule has 44 heavy (non-hydrogen) atoms. The number of likely N-dealkylation sites (tertiary alicyclic amines) is 1. The van der Waals surface area contributed by atoms with E-state index in [9.17, 15) is 18.0 Å². The first-order valence-corrected chi connectivity index (χ1v) is 15.5. The fourth-order valence-corrected chi connectivity index (χ4v) is 6.12. The second-order valence-electron chi connectivity index (χ2n) is 10.4. The molecular weight excluding hydrogens is 612 g/mol. The van der Waals surface area contributed by atoms with Crippen molar-refractivity contribution >= 4 is 51.0 Å². The van der Waals surface area contributed by atoms with Crippen LogP contribution in [0.1, 0.15) is 40.6 Å². The Labute approximate surface area is 258 Å². The van der Waals surface area contributed by atoms with E-state index in [0.29, 0.717) is 38.2 Å². The molecule has 2 aromatic heterocycles. The van der Waals surface area contributed by atoms with Gasteiger partial charge in [0.25, 0.3) is 5.91 Å². The zero-order valence-corrected chi connectivity index (χ0v) is 25.2. The van der Waals surface area contributed by atoms with E-state index in [2.05, 4.69) is 35.3 Å². The number of amides is 2. The van der Waals surface area contributed by atoms with Gasteiger partial charge in [-0.2, -0.15) is 4.99 Å². The Morgan fingerprint density at radius 1 is 1.18 bits per heavy atom. The minimum atomic E-state index is -3.90. The van der Waals surface area contributed by atoms with E-state index < -0.39 is 27.6 Å². The number of halogens is 1. The topological polar surface area (TPSA) is 220 Å². The van der Waals surface area contributed by atoms with Crippen LogP contribution < -0.4 is 31.6 Å². The molecule has 0 bridgehead atoms. The fourth-order valence-electron chi connectivity index (χ4n) is 4.83. The van der Waals surface area contributed by atoms with Gasteiger partial charge in [-0.25, -0.2) is 23.1 Å². The molecule has 1 unspecified atom stereocenters. The second-order valence-corrected chi connectivity index (χ2v) is 12.6. The average Bonchev–Trinajstić information content (AvgIpc) is 3.39. The third kappa shape index (κ3) is 6.98. The van der Waals surface area contributed by atoms with Crippen LogP contribution in [0.3, 0.4) is 0 Å². The lowest BCUT2D eigenvalue weighted by atomic mass is 9.88. The number of guanidine groups is 1. The average molecular weight is 643 g/mol. The quantitative estimate of drug-likeness (QED) is 0.230. The lowest BCUT2D eigenvalue weighted by molar-refractivity contribution is 0.0668. The summed E-state index contributed by atoms with van der Waals surface area (Å²) in [4.78, 5) is 43.3. The molecule has 4 heterocycles. The second kappa shape index (κ2) is 12.6. The molecule has 5 rings (SSSR count). The van der Waals surface area contributed by atoms with Gasteiger partial charge in [-0.05, 0) is 50.1 Å². The van der Waals surface area contributed by atoms with Gasteiger partial charge in [0.2, 0.25) is 10.0 Å². The molecule has 1 aromatic carbocycles. The van der Waals surface area contributed by atoms with E-state index in [1.165, 1.54) is 18.2 Å². The number of nitrogen functional groups attached to an aromatic ring is 2. The zero-order chi connectivity index (χ0) is 31.5. The van der Waals surface area contributed by atoms with Gasteiger partial charge >= 0.3 is 5.91 Å². The first kappa shape index (κ1) is 30.9. The number of nitrogens with two attached hydrogens (primary N) is 2. The Morgan fingerprint density at radius 2 is 1.95 bits per heavy atom. The van der Waals surface area contributed by atoms with E-state index in [4.69, 9.17) is 27.8 Å². The first-order valence-electron chi connectivity index (χ1n) is 13.6. The molecular formula is C27H31ClN10O5S. The van der Waals surface area contributed by atoms with Crippen LogP contribution in [0.5, 0.6) is 5.75 Å².